The van der Waals surface area contributed by atoms with Gasteiger partial charge in [0.15, 0.2) is 11.4 Å². The molecule has 0 fully saturated rings. The van der Waals surface area contributed by atoms with E-state index < -0.39 is 11.9 Å². The summed E-state index contributed by atoms with van der Waals surface area (Å²) >= 11 is 0. The number of ether oxygens (including phenoxy) is 2. The van der Waals surface area contributed by atoms with Crippen LogP contribution in [0.4, 0.5) is 4.39 Å². The first-order valence-electron chi connectivity index (χ1n) is 11.9. The van der Waals surface area contributed by atoms with Gasteiger partial charge >= 0.3 is 11.9 Å². The summed E-state index contributed by atoms with van der Waals surface area (Å²) in [4.78, 5) is 27.8. The Hall–Kier alpha value is -3.74. The van der Waals surface area contributed by atoms with Crippen molar-refractivity contribution in [1.29, 1.82) is 0 Å². The number of benzene rings is 1. The minimum absolute atomic E-state index is 0.00839. The van der Waals surface area contributed by atoms with Crippen molar-refractivity contribution < 1.29 is 28.6 Å². The summed E-state index contributed by atoms with van der Waals surface area (Å²) in [7, 11) is 0. The molecular weight excluding hydrogens is 461 g/mol. The van der Waals surface area contributed by atoms with Gasteiger partial charge in [-0.25, -0.2) is 19.0 Å². The summed E-state index contributed by atoms with van der Waals surface area (Å²) in [6.07, 6.45) is 11.4. The molecule has 2 aromatic rings. The molecule has 0 saturated heterocycles. The third-order valence-electron chi connectivity index (χ3n) is 5.37. The molecule has 192 valence electrons. The molecule has 0 saturated carbocycles. The molecule has 1 aromatic heterocycles. The van der Waals surface area contributed by atoms with E-state index in [0.717, 1.165) is 37.5 Å². The third kappa shape index (κ3) is 10.3. The van der Waals surface area contributed by atoms with Crippen LogP contribution in [-0.4, -0.2) is 28.6 Å². The van der Waals surface area contributed by atoms with Gasteiger partial charge in [0.25, 0.3) is 0 Å². The predicted octanol–water partition coefficient (Wildman–Crippen LogP) is 7.07. The standard InChI is InChI=1S/C29H34FNO5/c1-20(2)7-5-8-21(3)9-6-10-22(4)15-16-35-29(34)24-17-26(27(28(32)33)31-18-24)36-19-23-11-13-25(30)14-12-23/h7,9,11-15,17-18H,5-6,8,10,16,19H2,1-4H3,(H,32,33). The van der Waals surface area contributed by atoms with Gasteiger partial charge in [0, 0.05) is 6.20 Å². The van der Waals surface area contributed by atoms with Crippen molar-refractivity contribution in [2.24, 2.45) is 0 Å². The lowest BCUT2D eigenvalue weighted by molar-refractivity contribution is 0.0545. The largest absolute Gasteiger partial charge is 0.486 e. The zero-order valence-electron chi connectivity index (χ0n) is 21.3. The van der Waals surface area contributed by atoms with E-state index in [9.17, 15) is 19.1 Å². The fourth-order valence-electron chi connectivity index (χ4n) is 3.25. The maximum atomic E-state index is 13.1. The van der Waals surface area contributed by atoms with Crippen molar-refractivity contribution in [1.82, 2.24) is 4.98 Å². The van der Waals surface area contributed by atoms with Crippen molar-refractivity contribution in [2.75, 3.05) is 6.61 Å². The second kappa shape index (κ2) is 14.6. The highest BCUT2D eigenvalue weighted by Crippen LogP contribution is 2.21. The highest BCUT2D eigenvalue weighted by molar-refractivity contribution is 5.93. The Balaban J connectivity index is 1.90. The Morgan fingerprint density at radius 1 is 0.972 bits per heavy atom. The van der Waals surface area contributed by atoms with Crippen molar-refractivity contribution in [3.05, 3.63) is 94.1 Å². The Kier molecular flexibility index (Phi) is 11.6. The number of hydrogen-bond acceptors (Lipinski definition) is 5. The third-order valence-corrected chi connectivity index (χ3v) is 5.37. The molecular formula is C29H34FNO5. The van der Waals surface area contributed by atoms with E-state index in [2.05, 4.69) is 37.9 Å². The first-order chi connectivity index (χ1) is 17.2. The maximum absolute atomic E-state index is 13.1. The zero-order chi connectivity index (χ0) is 26.5. The Labute approximate surface area is 212 Å². The molecule has 0 radical (unpaired) electrons. The summed E-state index contributed by atoms with van der Waals surface area (Å²) in [6, 6.07) is 6.90. The Morgan fingerprint density at radius 2 is 1.61 bits per heavy atom. The zero-order valence-corrected chi connectivity index (χ0v) is 21.3. The van der Waals surface area contributed by atoms with E-state index in [-0.39, 0.29) is 36.0 Å². The molecule has 7 heteroatoms. The van der Waals surface area contributed by atoms with Crippen LogP contribution in [0.5, 0.6) is 5.75 Å². The summed E-state index contributed by atoms with van der Waals surface area (Å²) in [5.41, 5.74) is 4.20. The van der Waals surface area contributed by atoms with E-state index in [1.54, 1.807) is 0 Å². The van der Waals surface area contributed by atoms with E-state index >= 15 is 0 Å². The molecule has 36 heavy (non-hydrogen) atoms. The number of pyridine rings is 1. The molecule has 0 amide bonds. The van der Waals surface area contributed by atoms with Crippen LogP contribution in [0, 0.1) is 5.82 Å². The average Bonchev–Trinajstić information content (AvgIpc) is 2.83. The molecule has 0 bridgehead atoms. The number of nitrogens with zero attached hydrogens (tertiary/aromatic N) is 1. The lowest BCUT2D eigenvalue weighted by Crippen LogP contribution is -2.11. The monoisotopic (exact) mass is 495 g/mol. The number of rotatable bonds is 13. The summed E-state index contributed by atoms with van der Waals surface area (Å²) in [5.74, 6) is -2.38. The van der Waals surface area contributed by atoms with E-state index in [0.29, 0.717) is 5.56 Å². The Bertz CT molecular complexity index is 1130. The molecule has 1 heterocycles. The van der Waals surface area contributed by atoms with Crippen molar-refractivity contribution >= 4 is 11.9 Å². The minimum Gasteiger partial charge on any atom is -0.486 e. The van der Waals surface area contributed by atoms with Crippen LogP contribution in [0.2, 0.25) is 0 Å². The smallest absolute Gasteiger partial charge is 0.358 e. The molecule has 0 aliphatic rings. The molecule has 0 unspecified atom stereocenters. The molecule has 1 aromatic carbocycles. The number of allylic oxidation sites excluding steroid dienone is 5. The normalized spacial score (nSPS) is 11.7. The van der Waals surface area contributed by atoms with Crippen LogP contribution in [0.3, 0.4) is 0 Å². The molecule has 2 rings (SSSR count). The summed E-state index contributed by atoms with van der Waals surface area (Å²) in [6.45, 7) is 8.42. The van der Waals surface area contributed by atoms with E-state index in [1.165, 1.54) is 41.5 Å². The van der Waals surface area contributed by atoms with Crippen molar-refractivity contribution in [2.45, 2.75) is 60.0 Å². The number of carboxylic acid groups (broad SMARTS) is 1. The number of halogens is 1. The lowest BCUT2D eigenvalue weighted by Gasteiger charge is -2.10. The van der Waals surface area contributed by atoms with Crippen molar-refractivity contribution in [3.63, 3.8) is 0 Å². The molecule has 0 atom stereocenters. The van der Waals surface area contributed by atoms with Crippen molar-refractivity contribution in [3.8, 4) is 5.75 Å². The molecule has 0 aliphatic heterocycles. The minimum atomic E-state index is -1.29. The summed E-state index contributed by atoms with van der Waals surface area (Å²) in [5, 5.41) is 9.38. The SMILES string of the molecule is CC(C)=CCCC(C)=CCCC(C)=CCOC(=O)c1cnc(C(=O)O)c(OCc2ccc(F)cc2)c1. The molecule has 0 aliphatic carbocycles. The topological polar surface area (TPSA) is 85.7 Å². The van der Waals surface area contributed by atoms with Gasteiger partial charge in [-0.15, -0.1) is 0 Å². The molecule has 6 nitrogen and oxygen atoms in total. The van der Waals surface area contributed by atoms with Crippen LogP contribution in [0.25, 0.3) is 0 Å². The van der Waals surface area contributed by atoms with Gasteiger partial charge in [-0.05, 0) is 83.2 Å². The first kappa shape index (κ1) is 28.5. The molecule has 1 N–H and O–H groups in total. The highest BCUT2D eigenvalue weighted by Gasteiger charge is 2.18. The van der Waals surface area contributed by atoms with Crippen LogP contribution < -0.4 is 4.74 Å². The van der Waals surface area contributed by atoms with E-state index in [1.807, 2.05) is 13.0 Å². The van der Waals surface area contributed by atoms with Gasteiger partial charge < -0.3 is 14.6 Å². The summed E-state index contributed by atoms with van der Waals surface area (Å²) < 4.78 is 24.0. The van der Waals surface area contributed by atoms with Gasteiger partial charge in [0.2, 0.25) is 0 Å². The number of carbonyl (C=O) groups excluding carboxylic acids is 1. The number of esters is 1. The van der Waals surface area contributed by atoms with Gasteiger partial charge in [-0.1, -0.05) is 41.0 Å². The quantitative estimate of drug-likeness (QED) is 0.236. The van der Waals surface area contributed by atoms with Crippen LogP contribution in [0.15, 0.2) is 71.5 Å². The second-order valence-electron chi connectivity index (χ2n) is 8.85. The number of carboxylic acids is 1. The number of hydrogen-bond donors (Lipinski definition) is 1. The van der Waals surface area contributed by atoms with E-state index in [4.69, 9.17) is 9.47 Å². The number of aromatic carboxylic acids is 1. The van der Waals surface area contributed by atoms with Crippen LogP contribution in [0.1, 0.15) is 79.8 Å². The highest BCUT2D eigenvalue weighted by atomic mass is 19.1. The number of carbonyl (C=O) groups is 2. The number of aromatic nitrogens is 1. The van der Waals surface area contributed by atoms with Gasteiger partial charge in [0.1, 0.15) is 19.0 Å². The Morgan fingerprint density at radius 3 is 2.25 bits per heavy atom. The fourth-order valence-corrected chi connectivity index (χ4v) is 3.25. The first-order valence-corrected chi connectivity index (χ1v) is 11.9. The van der Waals surface area contributed by atoms with Gasteiger partial charge in [0.05, 0.1) is 5.56 Å². The van der Waals surface area contributed by atoms with Gasteiger partial charge in [-0.3, -0.25) is 0 Å². The van der Waals surface area contributed by atoms with Crippen LogP contribution in [-0.2, 0) is 11.3 Å². The predicted molar refractivity (Wildman–Crippen MR) is 138 cm³/mol. The maximum Gasteiger partial charge on any atom is 0.358 e. The average molecular weight is 496 g/mol. The van der Waals surface area contributed by atoms with Crippen LogP contribution >= 0.6 is 0 Å². The van der Waals surface area contributed by atoms with Gasteiger partial charge in [-0.2, -0.15) is 0 Å². The lowest BCUT2D eigenvalue weighted by atomic mass is 10.1. The molecule has 0 spiro atoms. The second-order valence-corrected chi connectivity index (χ2v) is 8.85. The fraction of sp³-hybridized carbons (Fsp3) is 0.345.